The summed E-state index contributed by atoms with van der Waals surface area (Å²) in [6.45, 7) is 11.2. The van der Waals surface area contributed by atoms with Crippen LogP contribution in [-0.4, -0.2) is 91.6 Å². The SMILES string of the molecule is CC.O=C(O)COCCN1CCN(CCOc2ccc(C3c4ccc(O)cc4CCN3c3ccccc3)cc2)CC1. The van der Waals surface area contributed by atoms with Crippen molar-refractivity contribution in [1.29, 1.82) is 0 Å². The summed E-state index contributed by atoms with van der Waals surface area (Å²) in [6, 6.07) is 24.7. The number of hydrogen-bond acceptors (Lipinski definition) is 7. The molecule has 8 nitrogen and oxygen atoms in total. The lowest BCUT2D eigenvalue weighted by Crippen LogP contribution is -2.48. The van der Waals surface area contributed by atoms with Gasteiger partial charge in [-0.15, -0.1) is 0 Å². The van der Waals surface area contributed by atoms with Crippen LogP contribution in [0.15, 0.2) is 72.8 Å². The van der Waals surface area contributed by atoms with Crippen LogP contribution >= 0.6 is 0 Å². The number of carboxylic acids is 1. The zero-order valence-electron chi connectivity index (χ0n) is 24.2. The van der Waals surface area contributed by atoms with E-state index in [1.54, 1.807) is 6.07 Å². The number of carbonyl (C=O) groups is 1. The fourth-order valence-electron chi connectivity index (χ4n) is 5.50. The van der Waals surface area contributed by atoms with Gasteiger partial charge in [0, 0.05) is 51.5 Å². The molecule has 41 heavy (non-hydrogen) atoms. The Labute approximate surface area is 243 Å². The van der Waals surface area contributed by atoms with Gasteiger partial charge in [0.25, 0.3) is 0 Å². The van der Waals surface area contributed by atoms with Crippen LogP contribution in [0.5, 0.6) is 11.5 Å². The molecule has 3 aromatic carbocycles. The van der Waals surface area contributed by atoms with Crippen molar-refractivity contribution in [2.24, 2.45) is 0 Å². The van der Waals surface area contributed by atoms with E-state index in [1.807, 2.05) is 26.0 Å². The summed E-state index contributed by atoms with van der Waals surface area (Å²) in [5, 5.41) is 18.7. The van der Waals surface area contributed by atoms with Crippen molar-refractivity contribution in [3.63, 3.8) is 0 Å². The molecular formula is C33H43N3O5. The second-order valence-electron chi connectivity index (χ2n) is 10.1. The maximum Gasteiger partial charge on any atom is 0.329 e. The molecule has 2 aliphatic rings. The fraction of sp³-hybridized carbons (Fsp3) is 0.424. The number of phenols is 1. The van der Waals surface area contributed by atoms with Crippen LogP contribution in [0.2, 0.25) is 0 Å². The highest BCUT2D eigenvalue weighted by Gasteiger charge is 2.29. The van der Waals surface area contributed by atoms with Crippen LogP contribution in [-0.2, 0) is 16.0 Å². The highest BCUT2D eigenvalue weighted by molar-refractivity contribution is 5.68. The van der Waals surface area contributed by atoms with Gasteiger partial charge in [-0.05, 0) is 59.5 Å². The number of aromatic hydroxyl groups is 1. The first-order valence-corrected chi connectivity index (χ1v) is 14.7. The number of anilines is 1. The Kier molecular flexibility index (Phi) is 11.4. The van der Waals surface area contributed by atoms with Gasteiger partial charge >= 0.3 is 5.97 Å². The molecule has 0 amide bonds. The lowest BCUT2D eigenvalue weighted by molar-refractivity contribution is -0.142. The number of fused-ring (bicyclic) bond motifs is 1. The van der Waals surface area contributed by atoms with E-state index in [4.69, 9.17) is 14.6 Å². The van der Waals surface area contributed by atoms with Crippen molar-refractivity contribution in [3.05, 3.63) is 89.5 Å². The number of piperazine rings is 1. The van der Waals surface area contributed by atoms with Gasteiger partial charge in [-0.25, -0.2) is 4.79 Å². The molecule has 0 saturated carbocycles. The predicted molar refractivity (Wildman–Crippen MR) is 162 cm³/mol. The Hall–Kier alpha value is -3.59. The van der Waals surface area contributed by atoms with Gasteiger partial charge in [0.2, 0.25) is 0 Å². The van der Waals surface area contributed by atoms with Gasteiger partial charge in [-0.2, -0.15) is 0 Å². The van der Waals surface area contributed by atoms with Crippen molar-refractivity contribution in [2.75, 3.05) is 70.5 Å². The first kappa shape index (κ1) is 30.4. The quantitative estimate of drug-likeness (QED) is 0.327. The minimum Gasteiger partial charge on any atom is -0.508 e. The molecule has 1 atom stereocenters. The Balaban J connectivity index is 0.00000189. The smallest absolute Gasteiger partial charge is 0.329 e. The third kappa shape index (κ3) is 8.45. The van der Waals surface area contributed by atoms with Crippen molar-refractivity contribution >= 4 is 11.7 Å². The van der Waals surface area contributed by atoms with Gasteiger partial charge in [-0.3, -0.25) is 9.80 Å². The van der Waals surface area contributed by atoms with Gasteiger partial charge in [-0.1, -0.05) is 50.2 Å². The number of benzene rings is 3. The molecule has 2 heterocycles. The third-order valence-electron chi connectivity index (χ3n) is 7.56. The van der Waals surface area contributed by atoms with Crippen molar-refractivity contribution in [1.82, 2.24) is 9.80 Å². The number of hydrogen-bond donors (Lipinski definition) is 2. The summed E-state index contributed by atoms with van der Waals surface area (Å²) >= 11 is 0. The van der Waals surface area contributed by atoms with Crippen LogP contribution in [0.25, 0.3) is 0 Å². The summed E-state index contributed by atoms with van der Waals surface area (Å²) in [5.41, 5.74) is 4.81. The van der Waals surface area contributed by atoms with Crippen LogP contribution in [0.1, 0.15) is 36.6 Å². The molecule has 1 saturated heterocycles. The molecule has 5 rings (SSSR count). The normalized spacial score (nSPS) is 17.3. The second-order valence-corrected chi connectivity index (χ2v) is 10.1. The number of carboxylic acid groups (broad SMARTS) is 1. The molecule has 3 aromatic rings. The molecule has 8 heteroatoms. The number of rotatable bonds is 11. The monoisotopic (exact) mass is 561 g/mol. The summed E-state index contributed by atoms with van der Waals surface area (Å²) in [7, 11) is 0. The Morgan fingerprint density at radius 2 is 1.51 bits per heavy atom. The topological polar surface area (TPSA) is 85.7 Å². The van der Waals surface area contributed by atoms with Gasteiger partial charge in [0.1, 0.15) is 24.7 Å². The summed E-state index contributed by atoms with van der Waals surface area (Å²) in [6.07, 6.45) is 0.892. The first-order chi connectivity index (χ1) is 20.1. The molecule has 0 bridgehead atoms. The van der Waals surface area contributed by atoms with Crippen LogP contribution < -0.4 is 9.64 Å². The second kappa shape index (κ2) is 15.4. The molecule has 2 aliphatic heterocycles. The largest absolute Gasteiger partial charge is 0.508 e. The molecule has 2 N–H and O–H groups in total. The molecule has 1 unspecified atom stereocenters. The molecular weight excluding hydrogens is 518 g/mol. The number of nitrogens with zero attached hydrogens (tertiary/aromatic N) is 3. The van der Waals surface area contributed by atoms with Crippen LogP contribution in [0.4, 0.5) is 5.69 Å². The predicted octanol–water partition coefficient (Wildman–Crippen LogP) is 4.67. The van der Waals surface area contributed by atoms with E-state index in [2.05, 4.69) is 69.3 Å². The lowest BCUT2D eigenvalue weighted by atomic mass is 9.87. The third-order valence-corrected chi connectivity index (χ3v) is 7.56. The standard InChI is InChI=1S/C31H37N3O5.C2H6/c35-27-8-11-29-25(22-27)12-13-34(26-4-2-1-3-5-26)31(29)24-6-9-28(10-7-24)39-21-19-33-16-14-32(15-17-33)18-20-38-23-30(36)37;1-2/h1-11,22,31,35H,12-21,23H2,(H,36,37);1-2H3. The van der Waals surface area contributed by atoms with Crippen LogP contribution in [0.3, 0.4) is 0 Å². The lowest BCUT2D eigenvalue weighted by Gasteiger charge is -2.39. The number of phenolic OH excluding ortho intramolecular Hbond substituents is 1. The molecule has 0 aliphatic carbocycles. The average Bonchev–Trinajstić information content (AvgIpc) is 3.01. The highest BCUT2D eigenvalue weighted by Crippen LogP contribution is 2.39. The molecule has 0 aromatic heterocycles. The number of para-hydroxylation sites is 1. The van der Waals surface area contributed by atoms with E-state index in [0.29, 0.717) is 19.0 Å². The van der Waals surface area contributed by atoms with E-state index < -0.39 is 5.97 Å². The molecule has 1 fully saturated rings. The van der Waals surface area contributed by atoms with Crippen molar-refractivity contribution < 1.29 is 24.5 Å². The van der Waals surface area contributed by atoms with Gasteiger partial charge in [0.05, 0.1) is 12.6 Å². The Bertz CT molecular complexity index is 1210. The minimum atomic E-state index is -0.927. The minimum absolute atomic E-state index is 0.0663. The summed E-state index contributed by atoms with van der Waals surface area (Å²) in [4.78, 5) is 17.7. The zero-order chi connectivity index (χ0) is 29.0. The average molecular weight is 562 g/mol. The highest BCUT2D eigenvalue weighted by atomic mass is 16.5. The zero-order valence-corrected chi connectivity index (χ0v) is 24.2. The maximum absolute atomic E-state index is 10.5. The number of aliphatic carboxylic acids is 1. The molecule has 0 radical (unpaired) electrons. The van der Waals surface area contributed by atoms with E-state index in [1.165, 1.54) is 22.4 Å². The van der Waals surface area contributed by atoms with E-state index in [9.17, 15) is 9.90 Å². The van der Waals surface area contributed by atoms with Gasteiger partial charge < -0.3 is 24.6 Å². The Morgan fingerprint density at radius 1 is 0.854 bits per heavy atom. The van der Waals surface area contributed by atoms with E-state index in [0.717, 1.165) is 58.0 Å². The van der Waals surface area contributed by atoms with Crippen molar-refractivity contribution in [2.45, 2.75) is 26.3 Å². The number of ether oxygens (including phenoxy) is 2. The van der Waals surface area contributed by atoms with Crippen molar-refractivity contribution in [3.8, 4) is 11.5 Å². The summed E-state index contributed by atoms with van der Waals surface area (Å²) in [5.74, 6) is 0.251. The Morgan fingerprint density at radius 3 is 2.17 bits per heavy atom. The van der Waals surface area contributed by atoms with E-state index in [-0.39, 0.29) is 12.6 Å². The van der Waals surface area contributed by atoms with Crippen LogP contribution in [0, 0.1) is 0 Å². The van der Waals surface area contributed by atoms with E-state index >= 15 is 0 Å². The molecule has 220 valence electrons. The fourth-order valence-corrected chi connectivity index (χ4v) is 5.50. The summed E-state index contributed by atoms with van der Waals surface area (Å²) < 4.78 is 11.2. The maximum atomic E-state index is 10.5. The first-order valence-electron chi connectivity index (χ1n) is 14.7. The molecule has 0 spiro atoms. The van der Waals surface area contributed by atoms with Gasteiger partial charge in [0.15, 0.2) is 0 Å².